The number of amides is 2. The van der Waals surface area contributed by atoms with Crippen LogP contribution in [0.25, 0.3) is 0 Å². The molecule has 0 saturated carbocycles. The molecular weight excluding hydrogens is 296 g/mol. The number of nitrogens with one attached hydrogen (secondary N) is 2. The number of carbonyl (C=O) groups excluding carboxylic acids is 2. The lowest BCUT2D eigenvalue weighted by Gasteiger charge is -2.11. The van der Waals surface area contributed by atoms with E-state index < -0.39 is 29.4 Å². The Labute approximate surface area is 117 Å². The maximum atomic E-state index is 13.0. The average molecular weight is 308 g/mol. The molecule has 0 radical (unpaired) electrons. The maximum Gasteiger partial charge on any atom is 0.419 e. The van der Waals surface area contributed by atoms with E-state index >= 15 is 0 Å². The van der Waals surface area contributed by atoms with E-state index in [9.17, 15) is 27.2 Å². The SMILES string of the molecule is O=C(NCCCO)C(=O)Nc1ccc(F)c(C(F)(F)F)c1. The number of halogens is 4. The lowest BCUT2D eigenvalue weighted by Crippen LogP contribution is -2.36. The van der Waals surface area contributed by atoms with Gasteiger partial charge in [0.2, 0.25) is 0 Å². The predicted molar refractivity (Wildman–Crippen MR) is 64.7 cm³/mol. The number of hydrogen-bond acceptors (Lipinski definition) is 3. The fourth-order valence-corrected chi connectivity index (χ4v) is 1.37. The molecule has 0 atom stereocenters. The monoisotopic (exact) mass is 308 g/mol. The van der Waals surface area contributed by atoms with E-state index in [2.05, 4.69) is 5.32 Å². The summed E-state index contributed by atoms with van der Waals surface area (Å²) in [5, 5.41) is 12.6. The zero-order chi connectivity index (χ0) is 16.0. The number of alkyl halides is 3. The van der Waals surface area contributed by atoms with Crippen LogP contribution in [0.15, 0.2) is 18.2 Å². The fraction of sp³-hybridized carbons (Fsp3) is 0.333. The summed E-state index contributed by atoms with van der Waals surface area (Å²) in [6.07, 6.45) is -4.68. The van der Waals surface area contributed by atoms with E-state index in [0.717, 1.165) is 6.07 Å². The van der Waals surface area contributed by atoms with Crippen LogP contribution in [0, 0.1) is 5.82 Å². The molecule has 0 fully saturated rings. The topological polar surface area (TPSA) is 78.4 Å². The lowest BCUT2D eigenvalue weighted by atomic mass is 10.2. The largest absolute Gasteiger partial charge is 0.419 e. The van der Waals surface area contributed by atoms with Gasteiger partial charge in [-0.05, 0) is 24.6 Å². The number of anilines is 1. The third-order valence-corrected chi connectivity index (χ3v) is 2.36. The second-order valence-electron chi connectivity index (χ2n) is 3.98. The van der Waals surface area contributed by atoms with Crippen molar-refractivity contribution in [1.29, 1.82) is 0 Å². The molecule has 3 N–H and O–H groups in total. The first kappa shape index (κ1) is 16.9. The maximum absolute atomic E-state index is 13.0. The lowest BCUT2D eigenvalue weighted by molar-refractivity contribution is -0.140. The van der Waals surface area contributed by atoms with E-state index in [1.165, 1.54) is 0 Å². The van der Waals surface area contributed by atoms with Crippen LogP contribution in [0.2, 0.25) is 0 Å². The first-order valence-corrected chi connectivity index (χ1v) is 5.82. The van der Waals surface area contributed by atoms with Crippen molar-refractivity contribution in [3.63, 3.8) is 0 Å². The summed E-state index contributed by atoms with van der Waals surface area (Å²) in [4.78, 5) is 22.7. The van der Waals surface area contributed by atoms with Gasteiger partial charge in [-0.15, -0.1) is 0 Å². The van der Waals surface area contributed by atoms with Crippen molar-refractivity contribution in [2.24, 2.45) is 0 Å². The zero-order valence-electron chi connectivity index (χ0n) is 10.6. The summed E-state index contributed by atoms with van der Waals surface area (Å²) in [5.74, 6) is -3.73. The highest BCUT2D eigenvalue weighted by molar-refractivity contribution is 6.39. The molecule has 0 aliphatic carbocycles. The molecule has 5 nitrogen and oxygen atoms in total. The molecule has 0 unspecified atom stereocenters. The molecule has 1 aromatic rings. The van der Waals surface area contributed by atoms with E-state index in [0.29, 0.717) is 12.1 Å². The standard InChI is InChI=1S/C12H12F4N2O3/c13-9-3-2-7(6-8(9)12(14,15)16)18-11(21)10(20)17-4-1-5-19/h2-3,6,19H,1,4-5H2,(H,17,20)(H,18,21). The average Bonchev–Trinajstić information content (AvgIpc) is 2.39. The molecule has 0 bridgehead atoms. The van der Waals surface area contributed by atoms with E-state index in [4.69, 9.17) is 5.11 Å². The van der Waals surface area contributed by atoms with Crippen LogP contribution in [0.5, 0.6) is 0 Å². The smallest absolute Gasteiger partial charge is 0.396 e. The van der Waals surface area contributed by atoms with Crippen molar-refractivity contribution in [2.45, 2.75) is 12.6 Å². The minimum atomic E-state index is -4.91. The highest BCUT2D eigenvalue weighted by atomic mass is 19.4. The summed E-state index contributed by atoms with van der Waals surface area (Å²) in [7, 11) is 0. The molecule has 2 amide bonds. The van der Waals surface area contributed by atoms with Gasteiger partial charge in [0, 0.05) is 18.8 Å². The molecule has 0 spiro atoms. The number of carbonyl (C=O) groups is 2. The second-order valence-corrected chi connectivity index (χ2v) is 3.98. The molecular formula is C12H12F4N2O3. The Morgan fingerprint density at radius 1 is 1.19 bits per heavy atom. The van der Waals surface area contributed by atoms with Gasteiger partial charge in [-0.3, -0.25) is 9.59 Å². The van der Waals surface area contributed by atoms with Crippen LogP contribution in [-0.2, 0) is 15.8 Å². The van der Waals surface area contributed by atoms with Crippen LogP contribution < -0.4 is 10.6 Å². The Balaban J connectivity index is 2.75. The molecule has 0 saturated heterocycles. The Bertz CT molecular complexity index is 532. The van der Waals surface area contributed by atoms with Crippen LogP contribution in [-0.4, -0.2) is 30.1 Å². The Hall–Kier alpha value is -2.16. The van der Waals surface area contributed by atoms with Crippen molar-refractivity contribution in [3.8, 4) is 0 Å². The van der Waals surface area contributed by atoms with Crippen LogP contribution in [0.3, 0.4) is 0 Å². The molecule has 9 heteroatoms. The van der Waals surface area contributed by atoms with Crippen LogP contribution in [0.4, 0.5) is 23.2 Å². The third kappa shape index (κ3) is 5.03. The Morgan fingerprint density at radius 3 is 2.43 bits per heavy atom. The molecule has 0 aromatic heterocycles. The number of rotatable bonds is 4. The minimum Gasteiger partial charge on any atom is -0.396 e. The van der Waals surface area contributed by atoms with E-state index in [1.54, 1.807) is 0 Å². The number of aliphatic hydroxyl groups is 1. The van der Waals surface area contributed by atoms with Gasteiger partial charge in [-0.25, -0.2) is 4.39 Å². The first-order valence-electron chi connectivity index (χ1n) is 5.82. The van der Waals surface area contributed by atoms with Crippen LogP contribution in [0.1, 0.15) is 12.0 Å². The van der Waals surface area contributed by atoms with Gasteiger partial charge in [-0.2, -0.15) is 13.2 Å². The number of benzene rings is 1. The molecule has 0 aliphatic heterocycles. The summed E-state index contributed by atoms with van der Waals surface area (Å²) < 4.78 is 50.5. The van der Waals surface area contributed by atoms with E-state index in [-0.39, 0.29) is 25.3 Å². The quantitative estimate of drug-likeness (QED) is 0.445. The normalized spacial score (nSPS) is 11.1. The summed E-state index contributed by atoms with van der Waals surface area (Å²) in [6, 6.07) is 1.85. The summed E-state index contributed by atoms with van der Waals surface area (Å²) >= 11 is 0. The Kier molecular flexibility index (Phi) is 5.65. The molecule has 21 heavy (non-hydrogen) atoms. The van der Waals surface area contributed by atoms with Gasteiger partial charge in [0.1, 0.15) is 5.82 Å². The van der Waals surface area contributed by atoms with E-state index in [1.807, 2.05) is 5.32 Å². The van der Waals surface area contributed by atoms with Crippen molar-refractivity contribution in [3.05, 3.63) is 29.6 Å². The van der Waals surface area contributed by atoms with Crippen LogP contribution >= 0.6 is 0 Å². The highest BCUT2D eigenvalue weighted by Crippen LogP contribution is 2.32. The van der Waals surface area contributed by atoms with Crippen molar-refractivity contribution in [2.75, 3.05) is 18.5 Å². The number of hydrogen-bond donors (Lipinski definition) is 3. The molecule has 1 aromatic carbocycles. The molecule has 116 valence electrons. The van der Waals surface area contributed by atoms with Gasteiger partial charge in [0.25, 0.3) is 0 Å². The minimum absolute atomic E-state index is 0.0416. The predicted octanol–water partition coefficient (Wildman–Crippen LogP) is 1.28. The van der Waals surface area contributed by atoms with Crippen molar-refractivity contribution >= 4 is 17.5 Å². The van der Waals surface area contributed by atoms with Gasteiger partial charge >= 0.3 is 18.0 Å². The van der Waals surface area contributed by atoms with Crippen molar-refractivity contribution < 1.29 is 32.3 Å². The molecule has 0 aliphatic rings. The van der Waals surface area contributed by atoms with Crippen molar-refractivity contribution in [1.82, 2.24) is 5.32 Å². The van der Waals surface area contributed by atoms with Gasteiger partial charge in [-0.1, -0.05) is 0 Å². The van der Waals surface area contributed by atoms with Gasteiger partial charge < -0.3 is 15.7 Å². The molecule has 1 rings (SSSR count). The summed E-state index contributed by atoms with van der Waals surface area (Å²) in [5.41, 5.74) is -1.90. The third-order valence-electron chi connectivity index (χ3n) is 2.36. The zero-order valence-corrected chi connectivity index (χ0v) is 10.6. The molecule has 0 heterocycles. The Morgan fingerprint density at radius 2 is 1.86 bits per heavy atom. The first-order chi connectivity index (χ1) is 9.75. The highest BCUT2D eigenvalue weighted by Gasteiger charge is 2.34. The number of aliphatic hydroxyl groups excluding tert-OH is 1. The second kappa shape index (κ2) is 7.02. The van der Waals surface area contributed by atoms with Gasteiger partial charge in [0.05, 0.1) is 5.56 Å². The summed E-state index contributed by atoms with van der Waals surface area (Å²) in [6.45, 7) is -0.144. The van der Waals surface area contributed by atoms with Gasteiger partial charge in [0.15, 0.2) is 0 Å². The fourth-order valence-electron chi connectivity index (χ4n) is 1.37.